The second-order valence-corrected chi connectivity index (χ2v) is 5.36. The number of ether oxygens (including phenoxy) is 2. The molecule has 1 saturated heterocycles. The first kappa shape index (κ1) is 14.7. The zero-order valence-electron chi connectivity index (χ0n) is 10.5. The van der Waals surface area contributed by atoms with E-state index in [1.54, 1.807) is 6.07 Å². The van der Waals surface area contributed by atoms with Gasteiger partial charge in [-0.3, -0.25) is 4.79 Å². The maximum Gasteiger partial charge on any atom is 0.164 e. The van der Waals surface area contributed by atoms with Crippen molar-refractivity contribution < 1.29 is 19.4 Å². The largest absolute Gasteiger partial charge is 0.388 e. The van der Waals surface area contributed by atoms with Crippen molar-refractivity contribution in [2.75, 3.05) is 13.2 Å². The van der Waals surface area contributed by atoms with Crippen molar-refractivity contribution in [3.63, 3.8) is 0 Å². The van der Waals surface area contributed by atoms with Gasteiger partial charge in [-0.15, -0.1) is 0 Å². The summed E-state index contributed by atoms with van der Waals surface area (Å²) in [7, 11) is 0. The minimum absolute atomic E-state index is 0.0600. The van der Waals surface area contributed by atoms with E-state index in [0.29, 0.717) is 13.2 Å². The predicted molar refractivity (Wildman–Crippen MR) is 73.7 cm³/mol. The monoisotopic (exact) mass is 328 g/mol. The summed E-state index contributed by atoms with van der Waals surface area (Å²) in [6.07, 6.45) is -0.114. The van der Waals surface area contributed by atoms with Crippen molar-refractivity contribution in [3.8, 4) is 0 Å². The van der Waals surface area contributed by atoms with Gasteiger partial charge in [0.25, 0.3) is 0 Å². The Hall–Kier alpha value is -0.750. The normalized spacial score (nSPS) is 18.2. The Morgan fingerprint density at radius 3 is 2.74 bits per heavy atom. The summed E-state index contributed by atoms with van der Waals surface area (Å²) in [6.45, 7) is 1.26. The van der Waals surface area contributed by atoms with Gasteiger partial charge in [0.1, 0.15) is 5.78 Å². The lowest BCUT2D eigenvalue weighted by Gasteiger charge is -2.23. The average molecular weight is 329 g/mol. The van der Waals surface area contributed by atoms with E-state index in [0.717, 1.165) is 16.5 Å². The molecule has 0 saturated carbocycles. The first-order valence-electron chi connectivity index (χ1n) is 6.34. The number of rotatable bonds is 5. The average Bonchev–Trinajstić information content (AvgIpc) is 2.40. The maximum atomic E-state index is 11.9. The molecule has 0 spiro atoms. The van der Waals surface area contributed by atoms with E-state index in [4.69, 9.17) is 9.47 Å². The fourth-order valence-electron chi connectivity index (χ4n) is 1.99. The van der Waals surface area contributed by atoms with Crippen LogP contribution in [0, 0.1) is 0 Å². The Balaban J connectivity index is 1.86. The summed E-state index contributed by atoms with van der Waals surface area (Å²) in [5, 5.41) is 10.1. The van der Waals surface area contributed by atoms with Crippen LogP contribution in [-0.4, -0.2) is 30.4 Å². The molecule has 1 aromatic carbocycles. The van der Waals surface area contributed by atoms with Crippen LogP contribution in [0.3, 0.4) is 0 Å². The van der Waals surface area contributed by atoms with Crippen molar-refractivity contribution in [1.82, 2.24) is 0 Å². The first-order chi connectivity index (χ1) is 9.16. The highest BCUT2D eigenvalue weighted by molar-refractivity contribution is 9.10. The summed E-state index contributed by atoms with van der Waals surface area (Å²) in [6, 6.07) is 7.35. The zero-order chi connectivity index (χ0) is 13.7. The van der Waals surface area contributed by atoms with Gasteiger partial charge >= 0.3 is 0 Å². The van der Waals surface area contributed by atoms with Gasteiger partial charge in [-0.2, -0.15) is 0 Å². The molecule has 1 aliphatic heterocycles. The standard InChI is InChI=1S/C14H17BrO4/c15-12-5-2-1-4-11(12)13(17)8-10(16)9-14-18-6-3-7-19-14/h1-2,4-5,13-14,17H,3,6-9H2/t13-/m0/s1. The van der Waals surface area contributed by atoms with Gasteiger partial charge in [0, 0.05) is 10.9 Å². The Morgan fingerprint density at radius 1 is 1.37 bits per heavy atom. The van der Waals surface area contributed by atoms with Crippen molar-refractivity contribution in [1.29, 1.82) is 0 Å². The van der Waals surface area contributed by atoms with Crippen LogP contribution in [0.2, 0.25) is 0 Å². The highest BCUT2D eigenvalue weighted by atomic mass is 79.9. The van der Waals surface area contributed by atoms with Crippen molar-refractivity contribution in [2.24, 2.45) is 0 Å². The van der Waals surface area contributed by atoms with E-state index >= 15 is 0 Å². The predicted octanol–water partition coefficient (Wildman–Crippen LogP) is 2.59. The van der Waals surface area contributed by atoms with Crippen LogP contribution in [0.15, 0.2) is 28.7 Å². The number of carbonyl (C=O) groups excluding carboxylic acids is 1. The number of aliphatic hydroxyl groups excluding tert-OH is 1. The van der Waals surface area contributed by atoms with E-state index in [-0.39, 0.29) is 18.6 Å². The Kier molecular flexibility index (Phi) is 5.51. The van der Waals surface area contributed by atoms with Gasteiger partial charge in [-0.05, 0) is 18.1 Å². The zero-order valence-corrected chi connectivity index (χ0v) is 12.1. The Labute approximate surface area is 120 Å². The Morgan fingerprint density at radius 2 is 2.05 bits per heavy atom. The van der Waals surface area contributed by atoms with Gasteiger partial charge < -0.3 is 14.6 Å². The van der Waals surface area contributed by atoms with E-state index < -0.39 is 12.4 Å². The molecule has 1 atom stereocenters. The highest BCUT2D eigenvalue weighted by Gasteiger charge is 2.21. The molecule has 0 bridgehead atoms. The molecule has 0 amide bonds. The highest BCUT2D eigenvalue weighted by Crippen LogP contribution is 2.26. The molecule has 19 heavy (non-hydrogen) atoms. The van der Waals surface area contributed by atoms with Crippen LogP contribution in [0.4, 0.5) is 0 Å². The number of aliphatic hydroxyl groups is 1. The van der Waals surface area contributed by atoms with Gasteiger partial charge in [0.15, 0.2) is 6.29 Å². The molecule has 0 unspecified atom stereocenters. The van der Waals surface area contributed by atoms with Crippen LogP contribution >= 0.6 is 15.9 Å². The number of ketones is 1. The third-order valence-corrected chi connectivity index (χ3v) is 3.70. The third-order valence-electron chi connectivity index (χ3n) is 2.98. The minimum Gasteiger partial charge on any atom is -0.388 e. The van der Waals surface area contributed by atoms with Crippen molar-refractivity contribution in [3.05, 3.63) is 34.3 Å². The topological polar surface area (TPSA) is 55.8 Å². The molecule has 1 aromatic rings. The molecule has 5 heteroatoms. The van der Waals surface area contributed by atoms with E-state index in [2.05, 4.69) is 15.9 Å². The second kappa shape index (κ2) is 7.14. The molecular formula is C14H17BrO4. The van der Waals surface area contributed by atoms with Crippen LogP contribution < -0.4 is 0 Å². The Bertz CT molecular complexity index is 429. The van der Waals surface area contributed by atoms with Crippen LogP contribution in [0.5, 0.6) is 0 Å². The van der Waals surface area contributed by atoms with Crippen molar-refractivity contribution >= 4 is 21.7 Å². The molecule has 4 nitrogen and oxygen atoms in total. The number of hydrogen-bond donors (Lipinski definition) is 1. The summed E-state index contributed by atoms with van der Waals surface area (Å²) in [4.78, 5) is 11.9. The maximum absolute atomic E-state index is 11.9. The third kappa shape index (κ3) is 4.38. The molecule has 1 N–H and O–H groups in total. The smallest absolute Gasteiger partial charge is 0.164 e. The van der Waals surface area contributed by atoms with E-state index in [1.807, 2.05) is 18.2 Å². The SMILES string of the molecule is O=C(CC1OCCCO1)C[C@H](O)c1ccccc1Br. The number of Topliss-reactive ketones (excluding diaryl/α,β-unsaturated/α-hetero) is 1. The van der Waals surface area contributed by atoms with Crippen LogP contribution in [0.1, 0.15) is 30.9 Å². The van der Waals surface area contributed by atoms with Gasteiger partial charge in [0.05, 0.1) is 25.7 Å². The summed E-state index contributed by atoms with van der Waals surface area (Å²) in [5.41, 5.74) is 0.723. The number of halogens is 1. The molecule has 104 valence electrons. The quantitative estimate of drug-likeness (QED) is 0.902. The number of carbonyl (C=O) groups is 1. The fraction of sp³-hybridized carbons (Fsp3) is 0.500. The van der Waals surface area contributed by atoms with Gasteiger partial charge in [-0.1, -0.05) is 34.1 Å². The molecule has 1 heterocycles. The molecule has 0 aromatic heterocycles. The summed E-state index contributed by atoms with van der Waals surface area (Å²) < 4.78 is 11.5. The molecule has 2 rings (SSSR count). The minimum atomic E-state index is -0.799. The second-order valence-electron chi connectivity index (χ2n) is 4.51. The van der Waals surface area contributed by atoms with E-state index in [1.165, 1.54) is 0 Å². The lowest BCUT2D eigenvalue weighted by molar-refractivity contribution is -0.183. The number of benzene rings is 1. The molecular weight excluding hydrogens is 312 g/mol. The first-order valence-corrected chi connectivity index (χ1v) is 7.13. The summed E-state index contributed by atoms with van der Waals surface area (Å²) >= 11 is 3.36. The van der Waals surface area contributed by atoms with Crippen molar-refractivity contribution in [2.45, 2.75) is 31.7 Å². The molecule has 1 aliphatic rings. The van der Waals surface area contributed by atoms with Crippen LogP contribution in [-0.2, 0) is 14.3 Å². The fourth-order valence-corrected chi connectivity index (χ4v) is 2.54. The summed E-state index contributed by atoms with van der Waals surface area (Å²) in [5.74, 6) is -0.0600. The lowest BCUT2D eigenvalue weighted by atomic mass is 10.0. The van der Waals surface area contributed by atoms with E-state index in [9.17, 15) is 9.90 Å². The molecule has 0 radical (unpaired) electrons. The molecule has 1 fully saturated rings. The van der Waals surface area contributed by atoms with Crippen LogP contribution in [0.25, 0.3) is 0 Å². The molecule has 0 aliphatic carbocycles. The van der Waals surface area contributed by atoms with Gasteiger partial charge in [0.2, 0.25) is 0 Å². The lowest BCUT2D eigenvalue weighted by Crippen LogP contribution is -2.27. The number of hydrogen-bond acceptors (Lipinski definition) is 4. The van der Waals surface area contributed by atoms with Gasteiger partial charge in [-0.25, -0.2) is 0 Å².